The fourth-order valence-corrected chi connectivity index (χ4v) is 3.31. The van der Waals surface area contributed by atoms with Crippen LogP contribution in [0.2, 0.25) is 0 Å². The van der Waals surface area contributed by atoms with E-state index in [4.69, 9.17) is 4.74 Å². The molecule has 0 amide bonds. The standard InChI is InChI=1S/C18H20N4O4/c1-13(10-16(23)21-8-6-19-11-21)14-4-2-3-5-15(14)17(24)26-18(25)22-9-7-20-12-22/h6-9,11-12,14-15H,1-5,10H2. The second-order valence-corrected chi connectivity index (χ2v) is 6.35. The van der Waals surface area contributed by atoms with Crippen LogP contribution in [0.1, 0.15) is 36.9 Å². The van der Waals surface area contributed by atoms with Crippen LogP contribution in [-0.4, -0.2) is 37.1 Å². The van der Waals surface area contributed by atoms with Gasteiger partial charge in [0, 0.05) is 31.2 Å². The lowest BCUT2D eigenvalue weighted by Gasteiger charge is -2.31. The topological polar surface area (TPSA) is 96.1 Å². The Kier molecular flexibility index (Phi) is 5.40. The van der Waals surface area contributed by atoms with E-state index >= 15 is 0 Å². The molecule has 2 atom stereocenters. The maximum absolute atomic E-state index is 12.5. The number of hydrogen-bond acceptors (Lipinski definition) is 6. The highest BCUT2D eigenvalue weighted by molar-refractivity contribution is 5.87. The van der Waals surface area contributed by atoms with Crippen LogP contribution in [0.25, 0.3) is 0 Å². The van der Waals surface area contributed by atoms with Crippen molar-refractivity contribution < 1.29 is 19.1 Å². The SMILES string of the molecule is C=C(CC(=O)n1ccnc1)C1CCCCC1C(=O)OC(=O)n1ccnc1. The highest BCUT2D eigenvalue weighted by Gasteiger charge is 2.35. The van der Waals surface area contributed by atoms with Crippen LogP contribution in [0.5, 0.6) is 0 Å². The molecular weight excluding hydrogens is 336 g/mol. The Morgan fingerprint density at radius 1 is 1.00 bits per heavy atom. The summed E-state index contributed by atoms with van der Waals surface area (Å²) in [6, 6.07) is 0. The van der Waals surface area contributed by atoms with Crippen molar-refractivity contribution in [2.45, 2.75) is 32.1 Å². The molecule has 136 valence electrons. The van der Waals surface area contributed by atoms with Gasteiger partial charge in [-0.15, -0.1) is 0 Å². The third-order valence-electron chi connectivity index (χ3n) is 4.67. The molecule has 1 aliphatic carbocycles. The monoisotopic (exact) mass is 356 g/mol. The van der Waals surface area contributed by atoms with E-state index in [1.54, 1.807) is 6.20 Å². The Balaban J connectivity index is 1.65. The van der Waals surface area contributed by atoms with Crippen molar-refractivity contribution in [1.29, 1.82) is 0 Å². The maximum Gasteiger partial charge on any atom is 0.427 e. The molecule has 0 bridgehead atoms. The molecule has 0 N–H and O–H groups in total. The zero-order valence-corrected chi connectivity index (χ0v) is 14.3. The van der Waals surface area contributed by atoms with E-state index in [0.29, 0.717) is 12.0 Å². The average Bonchev–Trinajstić information content (AvgIpc) is 3.35. The Morgan fingerprint density at radius 2 is 1.62 bits per heavy atom. The molecule has 1 fully saturated rings. The van der Waals surface area contributed by atoms with Gasteiger partial charge in [0.2, 0.25) is 5.91 Å². The molecule has 0 spiro atoms. The summed E-state index contributed by atoms with van der Waals surface area (Å²) in [5.74, 6) is -1.39. The number of allylic oxidation sites excluding steroid dienone is 1. The summed E-state index contributed by atoms with van der Waals surface area (Å²) < 4.78 is 7.49. The van der Waals surface area contributed by atoms with Crippen LogP contribution in [0, 0.1) is 11.8 Å². The third kappa shape index (κ3) is 3.96. The van der Waals surface area contributed by atoms with E-state index in [-0.39, 0.29) is 18.2 Å². The number of carbonyl (C=O) groups excluding carboxylic acids is 3. The number of rotatable bonds is 4. The third-order valence-corrected chi connectivity index (χ3v) is 4.67. The molecule has 2 aromatic rings. The van der Waals surface area contributed by atoms with Crippen molar-refractivity contribution in [2.24, 2.45) is 11.8 Å². The number of imidazole rings is 2. The van der Waals surface area contributed by atoms with Gasteiger partial charge in [0.05, 0.1) is 5.92 Å². The predicted octanol–water partition coefficient (Wildman–Crippen LogP) is 2.68. The first-order chi connectivity index (χ1) is 12.6. The lowest BCUT2D eigenvalue weighted by Crippen LogP contribution is -2.32. The van der Waals surface area contributed by atoms with E-state index in [1.165, 1.54) is 35.8 Å². The van der Waals surface area contributed by atoms with Crippen LogP contribution in [0.3, 0.4) is 0 Å². The van der Waals surface area contributed by atoms with Gasteiger partial charge in [0.25, 0.3) is 0 Å². The van der Waals surface area contributed by atoms with Crippen LogP contribution in [0.4, 0.5) is 4.79 Å². The smallest absolute Gasteiger partial charge is 0.375 e. The Morgan fingerprint density at radius 3 is 2.23 bits per heavy atom. The lowest BCUT2D eigenvalue weighted by molar-refractivity contribution is -0.144. The number of aromatic nitrogens is 4. The van der Waals surface area contributed by atoms with Gasteiger partial charge in [-0.2, -0.15) is 0 Å². The summed E-state index contributed by atoms with van der Waals surface area (Å²) in [6.07, 6.45) is 11.2. The molecule has 8 nitrogen and oxygen atoms in total. The first-order valence-corrected chi connectivity index (χ1v) is 8.49. The second-order valence-electron chi connectivity index (χ2n) is 6.35. The molecule has 8 heteroatoms. The Hall–Kier alpha value is -3.03. The van der Waals surface area contributed by atoms with Gasteiger partial charge in [-0.1, -0.05) is 25.0 Å². The van der Waals surface area contributed by atoms with E-state index in [0.717, 1.165) is 23.8 Å². The van der Waals surface area contributed by atoms with Crippen molar-refractivity contribution >= 4 is 18.0 Å². The quantitative estimate of drug-likeness (QED) is 0.475. The van der Waals surface area contributed by atoms with Gasteiger partial charge in [-0.25, -0.2) is 19.3 Å². The average molecular weight is 356 g/mol. The molecule has 2 unspecified atom stereocenters. The zero-order valence-electron chi connectivity index (χ0n) is 14.3. The summed E-state index contributed by atoms with van der Waals surface area (Å²) >= 11 is 0. The van der Waals surface area contributed by atoms with Crippen LogP contribution >= 0.6 is 0 Å². The summed E-state index contributed by atoms with van der Waals surface area (Å²) in [4.78, 5) is 44.3. The summed E-state index contributed by atoms with van der Waals surface area (Å²) in [5, 5.41) is 0. The number of nitrogens with zero attached hydrogens (tertiary/aromatic N) is 4. The minimum absolute atomic E-state index is 0.125. The van der Waals surface area contributed by atoms with Gasteiger partial charge in [-0.3, -0.25) is 14.2 Å². The van der Waals surface area contributed by atoms with Gasteiger partial charge >= 0.3 is 12.1 Å². The normalized spacial score (nSPS) is 19.7. The highest BCUT2D eigenvalue weighted by Crippen LogP contribution is 2.36. The largest absolute Gasteiger partial charge is 0.427 e. The van der Waals surface area contributed by atoms with Gasteiger partial charge in [0.15, 0.2) is 0 Å². The Labute approximate surface area is 150 Å². The summed E-state index contributed by atoms with van der Waals surface area (Å²) in [5.41, 5.74) is 0.681. The molecular formula is C18H20N4O4. The lowest BCUT2D eigenvalue weighted by atomic mass is 9.74. The van der Waals surface area contributed by atoms with Crippen molar-refractivity contribution in [3.8, 4) is 0 Å². The van der Waals surface area contributed by atoms with E-state index in [2.05, 4.69) is 16.5 Å². The first-order valence-electron chi connectivity index (χ1n) is 8.49. The van der Waals surface area contributed by atoms with Gasteiger partial charge in [0.1, 0.15) is 12.7 Å². The van der Waals surface area contributed by atoms with E-state index in [9.17, 15) is 14.4 Å². The fourth-order valence-electron chi connectivity index (χ4n) is 3.31. The predicted molar refractivity (Wildman–Crippen MR) is 91.2 cm³/mol. The molecule has 2 aromatic heterocycles. The van der Waals surface area contributed by atoms with E-state index in [1.807, 2.05) is 0 Å². The van der Waals surface area contributed by atoms with Crippen molar-refractivity contribution in [3.63, 3.8) is 0 Å². The molecule has 26 heavy (non-hydrogen) atoms. The highest BCUT2D eigenvalue weighted by atomic mass is 16.6. The number of esters is 1. The minimum Gasteiger partial charge on any atom is -0.375 e. The van der Waals surface area contributed by atoms with Crippen molar-refractivity contribution in [3.05, 3.63) is 49.6 Å². The van der Waals surface area contributed by atoms with Crippen LogP contribution in [-0.2, 0) is 9.53 Å². The fraction of sp³-hybridized carbons (Fsp3) is 0.389. The molecule has 1 aliphatic rings. The zero-order chi connectivity index (χ0) is 18.5. The number of ether oxygens (including phenoxy) is 1. The molecule has 0 aromatic carbocycles. The maximum atomic E-state index is 12.5. The van der Waals surface area contributed by atoms with E-state index < -0.39 is 18.0 Å². The van der Waals surface area contributed by atoms with Crippen molar-refractivity contribution in [2.75, 3.05) is 0 Å². The molecule has 2 heterocycles. The van der Waals surface area contributed by atoms with Gasteiger partial charge < -0.3 is 4.74 Å². The van der Waals surface area contributed by atoms with Gasteiger partial charge in [-0.05, 0) is 18.8 Å². The summed E-state index contributed by atoms with van der Waals surface area (Å²) in [7, 11) is 0. The molecule has 1 saturated carbocycles. The Bertz CT molecular complexity index is 727. The molecule has 3 rings (SSSR count). The number of hydrogen-bond donors (Lipinski definition) is 0. The van der Waals surface area contributed by atoms with Crippen LogP contribution in [0.15, 0.2) is 49.6 Å². The minimum atomic E-state index is -0.781. The molecule has 0 radical (unpaired) electrons. The first kappa shape index (κ1) is 17.8. The second kappa shape index (κ2) is 7.90. The van der Waals surface area contributed by atoms with Crippen molar-refractivity contribution in [1.82, 2.24) is 19.1 Å². The molecule has 0 aliphatic heterocycles. The molecule has 0 saturated heterocycles. The number of carbonyl (C=O) groups is 3. The van der Waals surface area contributed by atoms with Crippen LogP contribution < -0.4 is 0 Å². The summed E-state index contributed by atoms with van der Waals surface area (Å²) in [6.45, 7) is 4.03.